The maximum absolute atomic E-state index is 5.39. The van der Waals surface area contributed by atoms with Crippen LogP contribution in [-0.4, -0.2) is 62.3 Å². The summed E-state index contributed by atoms with van der Waals surface area (Å²) in [7, 11) is 0. The predicted octanol–water partition coefficient (Wildman–Crippen LogP) is 2.61. The van der Waals surface area contributed by atoms with Crippen molar-refractivity contribution in [3.63, 3.8) is 0 Å². The van der Waals surface area contributed by atoms with Crippen LogP contribution >= 0.6 is 0 Å². The minimum absolute atomic E-state index is 0.921. The summed E-state index contributed by atoms with van der Waals surface area (Å²) in [4.78, 5) is 5.18. The Morgan fingerprint density at radius 1 is 0.889 bits per heavy atom. The van der Waals surface area contributed by atoms with E-state index >= 15 is 0 Å². The van der Waals surface area contributed by atoms with Crippen molar-refractivity contribution < 1.29 is 4.74 Å². The molecule has 0 aromatic heterocycles. The van der Waals surface area contributed by atoms with Crippen LogP contribution in [0.25, 0.3) is 0 Å². The molecule has 1 heterocycles. The zero-order valence-corrected chi connectivity index (χ0v) is 12.5. The third kappa shape index (κ3) is 7.34. The molecule has 0 bridgehead atoms. The molecule has 108 valence electrons. The lowest BCUT2D eigenvalue weighted by Gasteiger charge is -2.30. The third-order valence-corrected chi connectivity index (χ3v) is 3.70. The van der Waals surface area contributed by atoms with Crippen LogP contribution in [-0.2, 0) is 4.74 Å². The van der Waals surface area contributed by atoms with Crippen LogP contribution < -0.4 is 0 Å². The summed E-state index contributed by atoms with van der Waals surface area (Å²) in [5, 5.41) is 0. The maximum atomic E-state index is 5.39. The van der Waals surface area contributed by atoms with Gasteiger partial charge in [-0.25, -0.2) is 0 Å². The average Bonchev–Trinajstić information content (AvgIpc) is 2.42. The van der Waals surface area contributed by atoms with Crippen LogP contribution in [0.4, 0.5) is 0 Å². The van der Waals surface area contributed by atoms with Crippen LogP contribution in [0, 0.1) is 0 Å². The second-order valence-corrected chi connectivity index (χ2v) is 5.36. The normalized spacial score (nSPS) is 17.5. The third-order valence-electron chi connectivity index (χ3n) is 3.70. The van der Waals surface area contributed by atoms with E-state index in [1.807, 2.05) is 0 Å². The fourth-order valence-corrected chi connectivity index (χ4v) is 2.52. The first-order valence-electron chi connectivity index (χ1n) is 7.89. The summed E-state index contributed by atoms with van der Waals surface area (Å²) < 4.78 is 5.39. The number of morpholine rings is 1. The Morgan fingerprint density at radius 3 is 2.33 bits per heavy atom. The first-order valence-corrected chi connectivity index (χ1v) is 7.89. The molecule has 0 atom stereocenters. The number of unbranched alkanes of at least 4 members (excludes halogenated alkanes) is 3. The Morgan fingerprint density at radius 2 is 1.67 bits per heavy atom. The van der Waals surface area contributed by atoms with Gasteiger partial charge in [0.1, 0.15) is 0 Å². The molecule has 1 aliphatic heterocycles. The van der Waals surface area contributed by atoms with Gasteiger partial charge in [0.25, 0.3) is 0 Å². The molecule has 18 heavy (non-hydrogen) atoms. The number of hydrogen-bond donors (Lipinski definition) is 0. The van der Waals surface area contributed by atoms with Crippen molar-refractivity contribution in [3.05, 3.63) is 0 Å². The monoisotopic (exact) mass is 256 g/mol. The summed E-state index contributed by atoms with van der Waals surface area (Å²) in [6.07, 6.45) is 6.77. The van der Waals surface area contributed by atoms with Crippen LogP contribution in [0.2, 0.25) is 0 Å². The fraction of sp³-hybridized carbons (Fsp3) is 1.00. The zero-order chi connectivity index (χ0) is 13.1. The molecule has 3 nitrogen and oxygen atoms in total. The molecule has 0 unspecified atom stereocenters. The van der Waals surface area contributed by atoms with E-state index in [2.05, 4.69) is 23.6 Å². The van der Waals surface area contributed by atoms with Gasteiger partial charge in [0.15, 0.2) is 0 Å². The van der Waals surface area contributed by atoms with Crippen molar-refractivity contribution in [1.82, 2.24) is 9.80 Å². The van der Waals surface area contributed by atoms with Crippen molar-refractivity contribution in [1.29, 1.82) is 0 Å². The average molecular weight is 256 g/mol. The first kappa shape index (κ1) is 15.9. The second-order valence-electron chi connectivity index (χ2n) is 5.36. The molecule has 1 rings (SSSR count). The molecule has 0 saturated carbocycles. The van der Waals surface area contributed by atoms with Gasteiger partial charge in [-0.05, 0) is 25.9 Å². The molecule has 3 heteroatoms. The molecule has 0 spiro atoms. The summed E-state index contributed by atoms with van der Waals surface area (Å²) >= 11 is 0. The lowest BCUT2D eigenvalue weighted by atomic mass is 10.2. The van der Waals surface area contributed by atoms with Gasteiger partial charge in [-0.2, -0.15) is 0 Å². The van der Waals surface area contributed by atoms with Crippen LogP contribution in [0.1, 0.15) is 46.0 Å². The Bertz CT molecular complexity index is 181. The Kier molecular flexibility index (Phi) is 9.54. The van der Waals surface area contributed by atoms with Crippen molar-refractivity contribution in [2.24, 2.45) is 0 Å². The predicted molar refractivity (Wildman–Crippen MR) is 78.1 cm³/mol. The molecule has 1 aliphatic rings. The molecule has 0 aromatic rings. The van der Waals surface area contributed by atoms with Gasteiger partial charge < -0.3 is 9.64 Å². The molecule has 1 saturated heterocycles. The van der Waals surface area contributed by atoms with E-state index in [1.165, 1.54) is 58.3 Å². The highest BCUT2D eigenvalue weighted by atomic mass is 16.5. The Hall–Kier alpha value is -0.120. The highest BCUT2D eigenvalue weighted by Crippen LogP contribution is 2.03. The molecular weight excluding hydrogens is 224 g/mol. The maximum Gasteiger partial charge on any atom is 0.0594 e. The summed E-state index contributed by atoms with van der Waals surface area (Å²) in [5.41, 5.74) is 0. The van der Waals surface area contributed by atoms with Crippen LogP contribution in [0.5, 0.6) is 0 Å². The van der Waals surface area contributed by atoms with Gasteiger partial charge in [0.2, 0.25) is 0 Å². The minimum atomic E-state index is 0.921. The molecule has 0 N–H and O–H groups in total. The van der Waals surface area contributed by atoms with Gasteiger partial charge in [-0.3, -0.25) is 4.90 Å². The smallest absolute Gasteiger partial charge is 0.0594 e. The van der Waals surface area contributed by atoms with Crippen LogP contribution in [0.15, 0.2) is 0 Å². The zero-order valence-electron chi connectivity index (χ0n) is 12.5. The van der Waals surface area contributed by atoms with E-state index < -0.39 is 0 Å². The Labute approximate surface area is 113 Å². The molecule has 0 aliphatic carbocycles. The minimum Gasteiger partial charge on any atom is -0.379 e. The van der Waals surface area contributed by atoms with E-state index in [0.717, 1.165) is 26.3 Å². The number of nitrogens with zero attached hydrogens (tertiary/aromatic N) is 2. The van der Waals surface area contributed by atoms with Gasteiger partial charge >= 0.3 is 0 Å². The summed E-state index contributed by atoms with van der Waals surface area (Å²) in [5.74, 6) is 0. The molecular formula is C15H32N2O. The van der Waals surface area contributed by atoms with Gasteiger partial charge in [-0.15, -0.1) is 0 Å². The molecule has 0 aromatic carbocycles. The topological polar surface area (TPSA) is 15.7 Å². The van der Waals surface area contributed by atoms with E-state index in [9.17, 15) is 0 Å². The lowest BCUT2D eigenvalue weighted by molar-refractivity contribution is 0.0332. The van der Waals surface area contributed by atoms with Crippen molar-refractivity contribution >= 4 is 0 Å². The number of hydrogen-bond acceptors (Lipinski definition) is 3. The quantitative estimate of drug-likeness (QED) is 0.559. The second kappa shape index (κ2) is 10.8. The first-order chi connectivity index (χ1) is 8.86. The molecule has 0 radical (unpaired) electrons. The fourth-order valence-electron chi connectivity index (χ4n) is 2.52. The van der Waals surface area contributed by atoms with E-state index in [-0.39, 0.29) is 0 Å². The van der Waals surface area contributed by atoms with Gasteiger partial charge in [-0.1, -0.05) is 33.1 Å². The highest BCUT2D eigenvalue weighted by molar-refractivity contribution is 4.66. The highest BCUT2D eigenvalue weighted by Gasteiger charge is 2.11. The standard InChI is InChI=1S/C15H32N2O/c1-3-5-6-7-9-16(8-4-2)10-11-17-12-14-18-15-13-17/h3-15H2,1-2H3. The molecule has 0 amide bonds. The SMILES string of the molecule is CCCCCCN(CCC)CCN1CCOCC1. The van der Waals surface area contributed by atoms with E-state index in [0.29, 0.717) is 0 Å². The van der Waals surface area contributed by atoms with Crippen molar-refractivity contribution in [2.45, 2.75) is 46.0 Å². The summed E-state index contributed by atoms with van der Waals surface area (Å²) in [6, 6.07) is 0. The number of rotatable bonds is 10. The van der Waals surface area contributed by atoms with Crippen LogP contribution in [0.3, 0.4) is 0 Å². The van der Waals surface area contributed by atoms with Crippen molar-refractivity contribution in [2.75, 3.05) is 52.5 Å². The molecule has 1 fully saturated rings. The summed E-state index contributed by atoms with van der Waals surface area (Å²) in [6.45, 7) is 13.7. The largest absolute Gasteiger partial charge is 0.379 e. The van der Waals surface area contributed by atoms with E-state index in [4.69, 9.17) is 4.74 Å². The van der Waals surface area contributed by atoms with E-state index in [1.54, 1.807) is 0 Å². The lowest BCUT2D eigenvalue weighted by Crippen LogP contribution is -2.41. The van der Waals surface area contributed by atoms with Crippen molar-refractivity contribution in [3.8, 4) is 0 Å². The van der Waals surface area contributed by atoms with Gasteiger partial charge in [0, 0.05) is 26.2 Å². The number of ether oxygens (including phenoxy) is 1. The Balaban J connectivity index is 2.11. The van der Waals surface area contributed by atoms with Gasteiger partial charge in [0.05, 0.1) is 13.2 Å².